The van der Waals surface area contributed by atoms with Crippen LogP contribution in [0.15, 0.2) is 61.3 Å². The molecule has 2 N–H and O–H groups in total. The Kier molecular flexibility index (Phi) is 8.02. The van der Waals surface area contributed by atoms with Gasteiger partial charge in [-0.2, -0.15) is 0 Å². The van der Waals surface area contributed by atoms with Gasteiger partial charge in [0.25, 0.3) is 0 Å². The average molecular weight is 567 g/mol. The molecule has 5 heterocycles. The van der Waals surface area contributed by atoms with Crippen LogP contribution < -0.4 is 5.32 Å². The van der Waals surface area contributed by atoms with Crippen LogP contribution >= 0.6 is 0 Å². The zero-order valence-electron chi connectivity index (χ0n) is 25.6. The van der Waals surface area contributed by atoms with Crippen molar-refractivity contribution < 1.29 is 4.74 Å². The van der Waals surface area contributed by atoms with E-state index in [1.165, 1.54) is 92.0 Å². The summed E-state index contributed by atoms with van der Waals surface area (Å²) in [5.41, 5.74) is 3.64. The summed E-state index contributed by atoms with van der Waals surface area (Å²) in [6, 6.07) is 11.3. The normalized spacial score (nSPS) is 34.2. The number of para-hydroxylation sites is 1. The number of fused-ring (bicyclic) bond motifs is 5. The molecule has 0 amide bonds. The molecule has 2 saturated heterocycles. The number of benzene rings is 1. The van der Waals surface area contributed by atoms with Gasteiger partial charge in [0.15, 0.2) is 0 Å². The number of aromatic amines is 1. The van der Waals surface area contributed by atoms with Crippen molar-refractivity contribution in [1.82, 2.24) is 20.2 Å². The van der Waals surface area contributed by atoms with E-state index < -0.39 is 0 Å². The quantitative estimate of drug-likeness (QED) is 0.165. The molecule has 3 aromatic rings. The molecule has 6 atom stereocenters. The van der Waals surface area contributed by atoms with Gasteiger partial charge in [-0.3, -0.25) is 4.98 Å². The zero-order valence-corrected chi connectivity index (χ0v) is 25.6. The van der Waals surface area contributed by atoms with Crippen LogP contribution in [0.5, 0.6) is 0 Å². The number of allylic oxidation sites excluding steroid dienone is 3. The van der Waals surface area contributed by atoms with Crippen LogP contribution in [0, 0.1) is 11.3 Å². The summed E-state index contributed by atoms with van der Waals surface area (Å²) in [5.74, 6) is 0.817. The van der Waals surface area contributed by atoms with Gasteiger partial charge < -0.3 is 19.9 Å². The van der Waals surface area contributed by atoms with E-state index in [0.29, 0.717) is 12.0 Å². The number of nitrogens with one attached hydrogen (secondary N) is 2. The number of H-pyrrole nitrogens is 1. The first-order valence-corrected chi connectivity index (χ1v) is 17.0. The number of aromatic nitrogens is 2. The largest absolute Gasteiger partial charge is 0.364 e. The number of rotatable bonds is 8. The number of likely N-dealkylation sites (tertiary alicyclic amines) is 1. The molecule has 0 radical (unpaired) electrons. The standard InChI is InChI=1S/C37H50N4O/c1-3-5-15-24-41-25-19-29-31(33-32-28(18-23-38-33)27-16-11-12-17-30(27)40-32)34-37(42-34,21-6-4-2)35-36(29,26-41)20-13-9-7-8-10-14-22-39-35/h4,7,9,11-12,16-18,23,29,31,34-35,39-40H,2-3,5-6,8,10,13-15,19-22,24-26H2,1H3/b9-7-/t29?,31-,34?,35-,36+,37+/m1/s1. The first kappa shape index (κ1) is 28.3. The minimum absolute atomic E-state index is 0.133. The highest BCUT2D eigenvalue weighted by Crippen LogP contribution is 2.67. The monoisotopic (exact) mass is 566 g/mol. The van der Waals surface area contributed by atoms with Crippen molar-refractivity contribution in [3.05, 3.63) is 67.0 Å². The Labute approximate surface area is 252 Å². The third-order valence-electron chi connectivity index (χ3n) is 11.3. The second-order valence-corrected chi connectivity index (χ2v) is 13.6. The van der Waals surface area contributed by atoms with Gasteiger partial charge in [0, 0.05) is 46.4 Å². The SMILES string of the molecule is C=CCC[C@]12OC1[C@@H](c1nccc3c1[nH]c1ccccc13)C1CCN(CCCCC)C[C@@]13CC/C=C\CCCCN[C@H]32. The Bertz CT molecular complexity index is 1430. The van der Waals surface area contributed by atoms with Gasteiger partial charge >= 0.3 is 0 Å². The van der Waals surface area contributed by atoms with Crippen LogP contribution in [0.3, 0.4) is 0 Å². The fourth-order valence-electron chi connectivity index (χ4n) is 9.41. The van der Waals surface area contributed by atoms with E-state index in [2.05, 4.69) is 83.5 Å². The number of ether oxygens (including phenoxy) is 1. The lowest BCUT2D eigenvalue weighted by molar-refractivity contribution is -0.0578. The highest BCUT2D eigenvalue weighted by Gasteiger charge is 2.75. The Balaban J connectivity index is 1.37. The molecule has 1 saturated carbocycles. The number of hydrogen-bond acceptors (Lipinski definition) is 4. The van der Waals surface area contributed by atoms with Gasteiger partial charge in [-0.25, -0.2) is 0 Å². The first-order chi connectivity index (χ1) is 20.7. The van der Waals surface area contributed by atoms with E-state index in [-0.39, 0.29) is 23.0 Å². The van der Waals surface area contributed by atoms with Gasteiger partial charge in [-0.1, -0.05) is 56.2 Å². The molecule has 0 bridgehead atoms. The zero-order chi connectivity index (χ0) is 28.6. The lowest BCUT2D eigenvalue weighted by Crippen LogP contribution is -2.68. The Hall–Kier alpha value is -2.47. The topological polar surface area (TPSA) is 56.5 Å². The minimum Gasteiger partial charge on any atom is -0.364 e. The van der Waals surface area contributed by atoms with Crippen molar-refractivity contribution in [2.75, 3.05) is 26.2 Å². The van der Waals surface area contributed by atoms with Crippen molar-refractivity contribution in [3.63, 3.8) is 0 Å². The molecule has 4 aliphatic rings. The van der Waals surface area contributed by atoms with E-state index in [1.807, 2.05) is 0 Å². The molecule has 2 aromatic heterocycles. The van der Waals surface area contributed by atoms with E-state index in [9.17, 15) is 0 Å². The Morgan fingerprint density at radius 2 is 2.02 bits per heavy atom. The number of nitrogens with zero attached hydrogens (tertiary/aromatic N) is 2. The maximum absolute atomic E-state index is 7.15. The summed E-state index contributed by atoms with van der Waals surface area (Å²) >= 11 is 0. The second kappa shape index (κ2) is 11.9. The molecule has 224 valence electrons. The van der Waals surface area contributed by atoms with Crippen molar-refractivity contribution in [3.8, 4) is 0 Å². The van der Waals surface area contributed by atoms with Crippen LogP contribution in [0.1, 0.15) is 89.2 Å². The summed E-state index contributed by atoms with van der Waals surface area (Å²) in [6.45, 7) is 11.1. The summed E-state index contributed by atoms with van der Waals surface area (Å²) in [4.78, 5) is 11.9. The summed E-state index contributed by atoms with van der Waals surface area (Å²) in [6.07, 6.45) is 22.5. The number of unbranched alkanes of at least 4 members (excludes halogenated alkanes) is 2. The van der Waals surface area contributed by atoms with E-state index in [0.717, 1.165) is 32.4 Å². The second-order valence-electron chi connectivity index (χ2n) is 13.6. The third kappa shape index (κ3) is 4.76. The van der Waals surface area contributed by atoms with Crippen molar-refractivity contribution >= 4 is 21.8 Å². The number of pyridine rings is 1. The van der Waals surface area contributed by atoms with Crippen LogP contribution in [-0.2, 0) is 4.74 Å². The van der Waals surface area contributed by atoms with Crippen molar-refractivity contribution in [2.24, 2.45) is 11.3 Å². The summed E-state index contributed by atoms with van der Waals surface area (Å²) in [5, 5.41) is 6.82. The average Bonchev–Trinajstić information content (AvgIpc) is 3.62. The van der Waals surface area contributed by atoms with Crippen LogP contribution in [0.25, 0.3) is 21.8 Å². The molecule has 7 rings (SSSR count). The molecule has 42 heavy (non-hydrogen) atoms. The minimum atomic E-state index is -0.157. The van der Waals surface area contributed by atoms with Gasteiger partial charge in [-0.05, 0) is 95.5 Å². The van der Waals surface area contributed by atoms with Crippen LogP contribution in [-0.4, -0.2) is 58.8 Å². The molecule has 5 nitrogen and oxygen atoms in total. The van der Waals surface area contributed by atoms with E-state index >= 15 is 0 Å². The molecular formula is C37H50N4O. The van der Waals surface area contributed by atoms with Gasteiger partial charge in [-0.15, -0.1) is 6.58 Å². The van der Waals surface area contributed by atoms with Crippen molar-refractivity contribution in [2.45, 2.75) is 101 Å². The first-order valence-electron chi connectivity index (χ1n) is 17.0. The van der Waals surface area contributed by atoms with E-state index in [4.69, 9.17) is 9.72 Å². The predicted octanol–water partition coefficient (Wildman–Crippen LogP) is 7.89. The molecule has 2 unspecified atom stereocenters. The lowest BCUT2D eigenvalue weighted by Gasteiger charge is -2.59. The number of piperidine rings is 1. The van der Waals surface area contributed by atoms with Gasteiger partial charge in [0.2, 0.25) is 0 Å². The molecule has 3 fully saturated rings. The van der Waals surface area contributed by atoms with E-state index in [1.54, 1.807) is 0 Å². The van der Waals surface area contributed by atoms with Gasteiger partial charge in [0.05, 0.1) is 17.3 Å². The van der Waals surface area contributed by atoms with Crippen LogP contribution in [0.4, 0.5) is 0 Å². The number of epoxide rings is 1. The molecule has 3 aliphatic heterocycles. The highest BCUT2D eigenvalue weighted by atomic mass is 16.6. The fourth-order valence-corrected chi connectivity index (χ4v) is 9.41. The van der Waals surface area contributed by atoms with Crippen molar-refractivity contribution in [1.29, 1.82) is 0 Å². The molecule has 1 aromatic carbocycles. The maximum Gasteiger partial charge on any atom is 0.112 e. The molecule has 1 spiro atoms. The van der Waals surface area contributed by atoms with Gasteiger partial charge in [0.1, 0.15) is 5.60 Å². The predicted molar refractivity (Wildman–Crippen MR) is 174 cm³/mol. The third-order valence-corrected chi connectivity index (χ3v) is 11.3. The smallest absolute Gasteiger partial charge is 0.112 e. The Morgan fingerprint density at radius 1 is 1.12 bits per heavy atom. The van der Waals surface area contributed by atoms with Crippen LogP contribution in [0.2, 0.25) is 0 Å². The maximum atomic E-state index is 7.15. The summed E-state index contributed by atoms with van der Waals surface area (Å²) in [7, 11) is 0. The fraction of sp³-hybridized carbons (Fsp3) is 0.595. The molecule has 5 heteroatoms. The Morgan fingerprint density at radius 3 is 2.93 bits per heavy atom. The summed E-state index contributed by atoms with van der Waals surface area (Å²) < 4.78 is 7.15. The molecular weight excluding hydrogens is 516 g/mol. The highest BCUT2D eigenvalue weighted by molar-refractivity contribution is 6.07. The lowest BCUT2D eigenvalue weighted by atomic mass is 9.50. The number of hydrogen-bond donors (Lipinski definition) is 2. The molecule has 1 aliphatic carbocycles.